The third-order valence-electron chi connectivity index (χ3n) is 3.48. The van der Waals surface area contributed by atoms with Gasteiger partial charge in [-0.15, -0.1) is 24.0 Å². The van der Waals surface area contributed by atoms with Crippen molar-refractivity contribution in [3.05, 3.63) is 58.9 Å². The average Bonchev–Trinajstić information content (AvgIpc) is 2.57. The molecule has 0 saturated carbocycles. The van der Waals surface area contributed by atoms with E-state index >= 15 is 0 Å². The van der Waals surface area contributed by atoms with E-state index in [2.05, 4.69) is 15.6 Å². The van der Waals surface area contributed by atoms with E-state index in [9.17, 15) is 18.0 Å². The molecule has 1 amide bonds. The van der Waals surface area contributed by atoms with Crippen molar-refractivity contribution < 1.29 is 18.0 Å². The Morgan fingerprint density at radius 3 is 2.38 bits per heavy atom. The highest BCUT2D eigenvalue weighted by molar-refractivity contribution is 14.0. The van der Waals surface area contributed by atoms with Crippen LogP contribution in [0.1, 0.15) is 11.1 Å². The predicted molar refractivity (Wildman–Crippen MR) is 106 cm³/mol. The molecule has 0 aliphatic carbocycles. The first-order valence-electron chi connectivity index (χ1n) is 7.35. The molecule has 2 rings (SSSR count). The van der Waals surface area contributed by atoms with Crippen LogP contribution in [0.25, 0.3) is 0 Å². The van der Waals surface area contributed by atoms with Gasteiger partial charge in [-0.05, 0) is 49.2 Å². The maximum absolute atomic E-state index is 13.5. The Morgan fingerprint density at radius 1 is 1.04 bits per heavy atom. The smallest absolute Gasteiger partial charge is 0.246 e. The molecule has 0 aliphatic rings. The molecule has 2 aromatic rings. The normalized spacial score (nSPS) is 10.9. The Kier molecular flexibility index (Phi) is 7.87. The number of nitrogens with one attached hydrogen (secondary N) is 2. The number of rotatable bonds is 4. The number of amides is 1. The van der Waals surface area contributed by atoms with E-state index in [-0.39, 0.29) is 29.9 Å². The van der Waals surface area contributed by atoms with Crippen LogP contribution in [0.15, 0.2) is 35.3 Å². The summed E-state index contributed by atoms with van der Waals surface area (Å²) in [5.74, 6) is -5.20. The van der Waals surface area contributed by atoms with Crippen molar-refractivity contribution in [2.75, 3.05) is 17.2 Å². The lowest BCUT2D eigenvalue weighted by Crippen LogP contribution is -2.25. The van der Waals surface area contributed by atoms with E-state index in [1.165, 1.54) is 0 Å². The quantitative estimate of drug-likeness (QED) is 0.272. The second-order valence-corrected chi connectivity index (χ2v) is 5.40. The summed E-state index contributed by atoms with van der Waals surface area (Å²) in [5, 5.41) is 4.92. The molecule has 0 atom stereocenters. The molecule has 0 unspecified atom stereocenters. The summed E-state index contributed by atoms with van der Waals surface area (Å²) in [7, 11) is 0. The highest BCUT2D eigenvalue weighted by Crippen LogP contribution is 2.19. The molecule has 0 radical (unpaired) electrons. The number of guanidine groups is 1. The first-order chi connectivity index (χ1) is 11.8. The van der Waals surface area contributed by atoms with Crippen molar-refractivity contribution >= 4 is 47.2 Å². The number of benzene rings is 2. The Hall–Kier alpha value is -2.30. The van der Waals surface area contributed by atoms with Crippen molar-refractivity contribution in [2.24, 2.45) is 10.7 Å². The summed E-state index contributed by atoms with van der Waals surface area (Å²) in [6.45, 7) is 3.50. The number of nitrogens with zero attached hydrogens (tertiary/aromatic N) is 1. The summed E-state index contributed by atoms with van der Waals surface area (Å²) in [5.41, 5.74) is 8.10. The Labute approximate surface area is 165 Å². The molecule has 140 valence electrons. The molecule has 26 heavy (non-hydrogen) atoms. The number of carbonyl (C=O) groups excluding carboxylic acids is 1. The van der Waals surface area contributed by atoms with Crippen LogP contribution in [0.5, 0.6) is 0 Å². The van der Waals surface area contributed by atoms with Gasteiger partial charge < -0.3 is 16.4 Å². The summed E-state index contributed by atoms with van der Waals surface area (Å²) < 4.78 is 39.4. The number of aryl methyl sites for hydroxylation is 2. The first kappa shape index (κ1) is 21.7. The second kappa shape index (κ2) is 9.41. The molecule has 0 fully saturated rings. The van der Waals surface area contributed by atoms with Gasteiger partial charge in [-0.25, -0.2) is 18.2 Å². The fraction of sp³-hybridized carbons (Fsp3) is 0.176. The van der Waals surface area contributed by atoms with Crippen molar-refractivity contribution in [3.63, 3.8) is 0 Å². The number of halogens is 4. The van der Waals surface area contributed by atoms with Crippen LogP contribution in [0.2, 0.25) is 0 Å². The minimum Gasteiger partial charge on any atom is -0.370 e. The molecule has 4 N–H and O–H groups in total. The second-order valence-electron chi connectivity index (χ2n) is 5.40. The Bertz CT molecular complexity index is 843. The number of nitrogens with two attached hydrogens (primary N) is 1. The van der Waals surface area contributed by atoms with Crippen LogP contribution in [0, 0.1) is 31.3 Å². The largest absolute Gasteiger partial charge is 0.370 e. The topological polar surface area (TPSA) is 79.5 Å². The maximum atomic E-state index is 13.5. The zero-order chi connectivity index (χ0) is 18.6. The van der Waals surface area contributed by atoms with Crippen molar-refractivity contribution in [3.8, 4) is 0 Å². The third kappa shape index (κ3) is 5.61. The molecular weight excluding hydrogens is 460 g/mol. The van der Waals surface area contributed by atoms with Crippen LogP contribution in [0.3, 0.4) is 0 Å². The van der Waals surface area contributed by atoms with E-state index in [0.29, 0.717) is 11.8 Å². The van der Waals surface area contributed by atoms with Gasteiger partial charge in [0.25, 0.3) is 0 Å². The van der Waals surface area contributed by atoms with Crippen LogP contribution >= 0.6 is 24.0 Å². The van der Waals surface area contributed by atoms with Gasteiger partial charge in [0.05, 0.1) is 5.69 Å². The average molecular weight is 478 g/mol. The number of hydrogen-bond donors (Lipinski definition) is 3. The highest BCUT2D eigenvalue weighted by atomic mass is 127. The predicted octanol–water partition coefficient (Wildman–Crippen LogP) is 3.70. The van der Waals surface area contributed by atoms with E-state index in [0.717, 1.165) is 17.2 Å². The Morgan fingerprint density at radius 2 is 1.73 bits per heavy atom. The van der Waals surface area contributed by atoms with Gasteiger partial charge in [0, 0.05) is 5.69 Å². The van der Waals surface area contributed by atoms with Crippen LogP contribution in [0.4, 0.5) is 24.5 Å². The molecular formula is C17H18F3IN4O. The molecule has 0 bridgehead atoms. The van der Waals surface area contributed by atoms with Crippen molar-refractivity contribution in [1.82, 2.24) is 0 Å². The fourth-order valence-electron chi connectivity index (χ4n) is 1.98. The third-order valence-corrected chi connectivity index (χ3v) is 3.48. The molecule has 0 aliphatic heterocycles. The highest BCUT2D eigenvalue weighted by Gasteiger charge is 2.15. The number of anilines is 2. The molecule has 0 heterocycles. The minimum atomic E-state index is -1.66. The van der Waals surface area contributed by atoms with E-state index in [1.807, 2.05) is 26.0 Å². The van der Waals surface area contributed by atoms with Gasteiger partial charge in [-0.3, -0.25) is 4.79 Å². The van der Waals surface area contributed by atoms with Crippen LogP contribution in [-0.2, 0) is 4.79 Å². The molecule has 9 heteroatoms. The molecule has 0 saturated heterocycles. The zero-order valence-corrected chi connectivity index (χ0v) is 16.4. The van der Waals surface area contributed by atoms with Gasteiger partial charge in [-0.2, -0.15) is 0 Å². The molecule has 5 nitrogen and oxygen atoms in total. The van der Waals surface area contributed by atoms with Crippen molar-refractivity contribution in [1.29, 1.82) is 0 Å². The van der Waals surface area contributed by atoms with E-state index < -0.39 is 35.6 Å². The summed E-state index contributed by atoms with van der Waals surface area (Å²) in [6, 6.07) is 7.22. The minimum absolute atomic E-state index is 0. The van der Waals surface area contributed by atoms with E-state index in [4.69, 9.17) is 5.73 Å². The van der Waals surface area contributed by atoms with Gasteiger partial charge in [-0.1, -0.05) is 6.07 Å². The zero-order valence-electron chi connectivity index (χ0n) is 14.1. The fourth-order valence-corrected chi connectivity index (χ4v) is 1.98. The lowest BCUT2D eigenvalue weighted by atomic mass is 10.1. The van der Waals surface area contributed by atoms with Gasteiger partial charge in [0.2, 0.25) is 5.91 Å². The van der Waals surface area contributed by atoms with E-state index in [1.54, 1.807) is 6.07 Å². The summed E-state index contributed by atoms with van der Waals surface area (Å²) >= 11 is 0. The van der Waals surface area contributed by atoms with Crippen LogP contribution < -0.4 is 16.4 Å². The molecule has 2 aromatic carbocycles. The molecule has 0 aromatic heterocycles. The summed E-state index contributed by atoms with van der Waals surface area (Å²) in [4.78, 5) is 15.6. The first-order valence-corrected chi connectivity index (χ1v) is 7.35. The number of hydrogen-bond acceptors (Lipinski definition) is 2. The van der Waals surface area contributed by atoms with Gasteiger partial charge >= 0.3 is 0 Å². The maximum Gasteiger partial charge on any atom is 0.246 e. The van der Waals surface area contributed by atoms with Gasteiger partial charge in [0.15, 0.2) is 23.4 Å². The van der Waals surface area contributed by atoms with Gasteiger partial charge in [0.1, 0.15) is 6.54 Å². The summed E-state index contributed by atoms with van der Waals surface area (Å²) in [6.07, 6.45) is 0. The number of aliphatic imine (C=N–C) groups is 1. The number of carbonyl (C=O) groups is 1. The monoisotopic (exact) mass is 478 g/mol. The standard InChI is InChI=1S/C17H17F3N4O.HI/c1-9-3-4-11(7-10(9)2)23-17(21)22-8-14(25)24-13-6-5-12(18)15(19)16(13)20;/h3-7H,8H2,1-2H3,(H,24,25)(H3,21,22,23);1H. The Balaban J connectivity index is 0.00000338. The lowest BCUT2D eigenvalue weighted by molar-refractivity contribution is -0.114. The molecule has 0 spiro atoms. The van der Waals surface area contributed by atoms with Crippen molar-refractivity contribution in [2.45, 2.75) is 13.8 Å². The SMILES string of the molecule is Cc1ccc(NC(N)=NCC(=O)Nc2ccc(F)c(F)c2F)cc1C.I. The lowest BCUT2D eigenvalue weighted by Gasteiger charge is -2.09. The van der Waals surface area contributed by atoms with Crippen LogP contribution in [-0.4, -0.2) is 18.4 Å².